The number of piperidine rings is 1. The Labute approximate surface area is 103 Å². The predicted molar refractivity (Wildman–Crippen MR) is 69.6 cm³/mol. The van der Waals surface area contributed by atoms with E-state index in [0.29, 0.717) is 6.42 Å². The molecule has 0 radical (unpaired) electrons. The maximum Gasteiger partial charge on any atom is 0.0966 e. The van der Waals surface area contributed by atoms with Gasteiger partial charge in [-0.05, 0) is 37.5 Å². The highest BCUT2D eigenvalue weighted by Gasteiger charge is 2.10. The van der Waals surface area contributed by atoms with Crippen molar-refractivity contribution in [3.05, 3.63) is 29.8 Å². The lowest BCUT2D eigenvalue weighted by atomic mass is 10.1. The molecule has 1 heterocycles. The van der Waals surface area contributed by atoms with E-state index in [0.717, 1.165) is 18.7 Å². The van der Waals surface area contributed by atoms with Crippen LogP contribution in [0.2, 0.25) is 0 Å². The molecule has 0 aliphatic carbocycles. The van der Waals surface area contributed by atoms with Crippen LogP contribution in [0, 0.1) is 23.2 Å². The fourth-order valence-electron chi connectivity index (χ4n) is 2.12. The summed E-state index contributed by atoms with van der Waals surface area (Å²) in [5.74, 6) is 5.88. The molecule has 1 saturated heterocycles. The van der Waals surface area contributed by atoms with Gasteiger partial charge >= 0.3 is 0 Å². The van der Waals surface area contributed by atoms with Gasteiger partial charge in [-0.15, -0.1) is 0 Å². The van der Waals surface area contributed by atoms with Crippen molar-refractivity contribution in [2.24, 2.45) is 0 Å². The topological polar surface area (TPSA) is 27.0 Å². The summed E-state index contributed by atoms with van der Waals surface area (Å²) >= 11 is 0. The molecular weight excluding hydrogens is 208 g/mol. The third-order valence-corrected chi connectivity index (χ3v) is 2.97. The van der Waals surface area contributed by atoms with Gasteiger partial charge in [0, 0.05) is 24.3 Å². The lowest BCUT2D eigenvalue weighted by Crippen LogP contribution is -2.29. The van der Waals surface area contributed by atoms with E-state index in [1.165, 1.54) is 24.9 Å². The molecule has 1 aliphatic rings. The fourth-order valence-corrected chi connectivity index (χ4v) is 2.12. The number of hydrogen-bond acceptors (Lipinski definition) is 2. The van der Waals surface area contributed by atoms with E-state index in [9.17, 15) is 0 Å². The summed E-state index contributed by atoms with van der Waals surface area (Å²) in [6.07, 6.45) is 4.21. The zero-order chi connectivity index (χ0) is 11.9. The minimum Gasteiger partial charge on any atom is -0.372 e. The maximum atomic E-state index is 8.44. The summed E-state index contributed by atoms with van der Waals surface area (Å²) in [6.45, 7) is 2.30. The van der Waals surface area contributed by atoms with Crippen LogP contribution >= 0.6 is 0 Å². The van der Waals surface area contributed by atoms with Crippen molar-refractivity contribution in [2.75, 3.05) is 18.0 Å². The van der Waals surface area contributed by atoms with E-state index in [-0.39, 0.29) is 0 Å². The van der Waals surface area contributed by atoms with Crippen LogP contribution in [-0.2, 0) is 0 Å². The first-order valence-corrected chi connectivity index (χ1v) is 6.11. The molecule has 86 valence electrons. The first-order chi connectivity index (χ1) is 8.40. The Morgan fingerprint density at radius 3 is 2.76 bits per heavy atom. The van der Waals surface area contributed by atoms with Crippen LogP contribution in [-0.4, -0.2) is 13.1 Å². The van der Waals surface area contributed by atoms with Gasteiger partial charge < -0.3 is 4.90 Å². The van der Waals surface area contributed by atoms with Crippen LogP contribution in [0.15, 0.2) is 24.3 Å². The Bertz CT molecular complexity index is 468. The van der Waals surface area contributed by atoms with Gasteiger partial charge in [0.25, 0.3) is 0 Å². The molecule has 2 nitrogen and oxygen atoms in total. The van der Waals surface area contributed by atoms with Gasteiger partial charge in [-0.1, -0.05) is 17.9 Å². The number of nitriles is 1. The Morgan fingerprint density at radius 1 is 1.18 bits per heavy atom. The third-order valence-electron chi connectivity index (χ3n) is 2.97. The van der Waals surface area contributed by atoms with E-state index in [1.54, 1.807) is 0 Å². The fraction of sp³-hybridized carbons (Fsp3) is 0.400. The highest BCUT2D eigenvalue weighted by Crippen LogP contribution is 2.20. The van der Waals surface area contributed by atoms with Gasteiger partial charge in [-0.3, -0.25) is 0 Å². The van der Waals surface area contributed by atoms with Crippen molar-refractivity contribution >= 4 is 5.69 Å². The molecule has 0 aromatic heterocycles. The van der Waals surface area contributed by atoms with E-state index >= 15 is 0 Å². The molecular formula is C15H16N2. The molecule has 0 saturated carbocycles. The van der Waals surface area contributed by atoms with Crippen molar-refractivity contribution in [3.63, 3.8) is 0 Å². The zero-order valence-electron chi connectivity index (χ0n) is 9.95. The summed E-state index contributed by atoms with van der Waals surface area (Å²) in [7, 11) is 0. The normalized spacial score (nSPS) is 14.6. The average molecular weight is 224 g/mol. The standard InChI is InChI=1S/C15H16N2/c16-10-3-2-7-14-8-6-9-15(13-14)17-11-4-1-5-12-17/h6,8-9,13H,1,3-5,11-12H2. The van der Waals surface area contributed by atoms with Gasteiger partial charge in [-0.2, -0.15) is 5.26 Å². The summed E-state index contributed by atoms with van der Waals surface area (Å²) in [5.41, 5.74) is 2.26. The minimum atomic E-state index is 0.300. The molecule has 17 heavy (non-hydrogen) atoms. The van der Waals surface area contributed by atoms with Gasteiger partial charge in [0.15, 0.2) is 0 Å². The van der Waals surface area contributed by atoms with Gasteiger partial charge in [-0.25, -0.2) is 0 Å². The van der Waals surface area contributed by atoms with Crippen LogP contribution in [0.3, 0.4) is 0 Å². The second-order valence-corrected chi connectivity index (χ2v) is 4.23. The molecule has 0 amide bonds. The molecule has 0 spiro atoms. The molecule has 0 unspecified atom stereocenters. The molecule has 2 heteroatoms. The monoisotopic (exact) mass is 224 g/mol. The molecule has 1 fully saturated rings. The molecule has 0 bridgehead atoms. The number of nitrogens with zero attached hydrogens (tertiary/aromatic N) is 2. The van der Waals surface area contributed by atoms with Crippen molar-refractivity contribution in [2.45, 2.75) is 25.7 Å². The van der Waals surface area contributed by atoms with Gasteiger partial charge in [0.2, 0.25) is 0 Å². The summed E-state index contributed by atoms with van der Waals surface area (Å²) in [4.78, 5) is 2.42. The van der Waals surface area contributed by atoms with Crippen molar-refractivity contribution < 1.29 is 0 Å². The zero-order valence-corrected chi connectivity index (χ0v) is 9.95. The van der Waals surface area contributed by atoms with Gasteiger partial charge in [0.1, 0.15) is 0 Å². The molecule has 1 aromatic carbocycles. The van der Waals surface area contributed by atoms with Crippen molar-refractivity contribution in [3.8, 4) is 17.9 Å². The maximum absolute atomic E-state index is 8.44. The highest BCUT2D eigenvalue weighted by molar-refractivity contribution is 5.52. The lowest BCUT2D eigenvalue weighted by Gasteiger charge is -2.28. The Morgan fingerprint density at radius 2 is 2.00 bits per heavy atom. The quantitative estimate of drug-likeness (QED) is 0.686. The molecule has 1 aliphatic heterocycles. The van der Waals surface area contributed by atoms with Crippen LogP contribution in [0.5, 0.6) is 0 Å². The highest BCUT2D eigenvalue weighted by atomic mass is 15.1. The van der Waals surface area contributed by atoms with Gasteiger partial charge in [0.05, 0.1) is 12.5 Å². The van der Waals surface area contributed by atoms with Crippen molar-refractivity contribution in [1.82, 2.24) is 0 Å². The second-order valence-electron chi connectivity index (χ2n) is 4.23. The van der Waals surface area contributed by atoms with Crippen molar-refractivity contribution in [1.29, 1.82) is 5.26 Å². The van der Waals surface area contributed by atoms with E-state index in [1.807, 2.05) is 18.2 Å². The predicted octanol–water partition coefficient (Wildman–Crippen LogP) is 2.94. The third kappa shape index (κ3) is 3.26. The largest absolute Gasteiger partial charge is 0.372 e. The lowest BCUT2D eigenvalue weighted by molar-refractivity contribution is 0.578. The Balaban J connectivity index is 2.11. The summed E-state index contributed by atoms with van der Waals surface area (Å²) in [6, 6.07) is 10.3. The van der Waals surface area contributed by atoms with E-state index in [4.69, 9.17) is 5.26 Å². The molecule has 2 rings (SSSR count). The summed E-state index contributed by atoms with van der Waals surface area (Å²) in [5, 5.41) is 8.44. The first kappa shape index (κ1) is 11.6. The van der Waals surface area contributed by atoms with Crippen LogP contribution < -0.4 is 4.90 Å². The average Bonchev–Trinajstić information content (AvgIpc) is 2.41. The minimum absolute atomic E-state index is 0.300. The van der Waals surface area contributed by atoms with E-state index < -0.39 is 0 Å². The van der Waals surface area contributed by atoms with Crippen LogP contribution in [0.4, 0.5) is 5.69 Å². The molecule has 0 N–H and O–H groups in total. The molecule has 1 aromatic rings. The number of rotatable bonds is 1. The van der Waals surface area contributed by atoms with Crippen LogP contribution in [0.1, 0.15) is 31.2 Å². The Kier molecular flexibility index (Phi) is 4.05. The number of hydrogen-bond donors (Lipinski definition) is 0. The van der Waals surface area contributed by atoms with Crippen LogP contribution in [0.25, 0.3) is 0 Å². The smallest absolute Gasteiger partial charge is 0.0966 e. The SMILES string of the molecule is N#CCC#Cc1cccc(N2CCCCC2)c1. The second kappa shape index (κ2) is 5.97. The Hall–Kier alpha value is -1.93. The van der Waals surface area contributed by atoms with E-state index in [2.05, 4.69) is 28.9 Å². The first-order valence-electron chi connectivity index (χ1n) is 6.11. The number of benzene rings is 1. The summed E-state index contributed by atoms with van der Waals surface area (Å²) < 4.78 is 0. The molecule has 0 atom stereocenters. The number of anilines is 1.